The number of aryl methyl sites for hydroxylation is 1. The fraction of sp³-hybridized carbons (Fsp3) is 0.240. The van der Waals surface area contributed by atoms with Crippen LogP contribution in [0.1, 0.15) is 11.1 Å². The molecule has 2 heterocycles. The quantitative estimate of drug-likeness (QED) is 0.594. The highest BCUT2D eigenvalue weighted by Crippen LogP contribution is 2.22. The average Bonchev–Trinajstić information content (AvgIpc) is 2.83. The molecule has 1 amide bonds. The number of hydrogen-bond donors (Lipinski definition) is 0. The molecule has 1 aliphatic heterocycles. The Morgan fingerprint density at radius 1 is 0.968 bits per heavy atom. The summed E-state index contributed by atoms with van der Waals surface area (Å²) < 4.78 is 5.16. The van der Waals surface area contributed by atoms with E-state index in [-0.39, 0.29) is 5.91 Å². The van der Waals surface area contributed by atoms with Crippen molar-refractivity contribution >= 4 is 17.8 Å². The lowest BCUT2D eigenvalue weighted by atomic mass is 10.1. The van der Waals surface area contributed by atoms with Gasteiger partial charge in [0, 0.05) is 43.9 Å². The molecule has 0 aliphatic carbocycles. The van der Waals surface area contributed by atoms with Crippen LogP contribution in [0.4, 0.5) is 5.82 Å². The number of anilines is 1. The third kappa shape index (κ3) is 5.09. The second kappa shape index (κ2) is 9.43. The molecule has 2 aromatic carbocycles. The Labute approximate surface area is 182 Å². The zero-order valence-electron chi connectivity index (χ0n) is 17.9. The van der Waals surface area contributed by atoms with Crippen molar-refractivity contribution in [2.75, 3.05) is 38.2 Å². The van der Waals surface area contributed by atoms with Crippen molar-refractivity contribution in [3.63, 3.8) is 0 Å². The van der Waals surface area contributed by atoms with E-state index >= 15 is 0 Å². The lowest BCUT2D eigenvalue weighted by molar-refractivity contribution is -0.126. The molecule has 0 bridgehead atoms. The van der Waals surface area contributed by atoms with Crippen molar-refractivity contribution in [3.8, 4) is 17.0 Å². The number of piperazine rings is 1. The number of carbonyl (C=O) groups is 1. The minimum Gasteiger partial charge on any atom is -0.497 e. The molecule has 1 fully saturated rings. The van der Waals surface area contributed by atoms with Gasteiger partial charge in [-0.2, -0.15) is 0 Å². The maximum atomic E-state index is 12.6. The zero-order valence-corrected chi connectivity index (χ0v) is 17.9. The van der Waals surface area contributed by atoms with Gasteiger partial charge in [-0.25, -0.2) is 9.97 Å². The maximum Gasteiger partial charge on any atom is 0.246 e. The molecule has 3 aromatic rings. The van der Waals surface area contributed by atoms with Gasteiger partial charge in [0.1, 0.15) is 17.9 Å². The van der Waals surface area contributed by atoms with Crippen LogP contribution in [0.2, 0.25) is 0 Å². The van der Waals surface area contributed by atoms with Crippen LogP contribution in [0.25, 0.3) is 17.3 Å². The molecule has 0 spiro atoms. The third-order valence-corrected chi connectivity index (χ3v) is 5.45. The van der Waals surface area contributed by atoms with Crippen molar-refractivity contribution in [1.82, 2.24) is 14.9 Å². The number of nitrogens with zero attached hydrogens (tertiary/aromatic N) is 4. The van der Waals surface area contributed by atoms with Gasteiger partial charge >= 0.3 is 0 Å². The molecule has 0 saturated carbocycles. The molecule has 0 unspecified atom stereocenters. The zero-order chi connectivity index (χ0) is 21.6. The highest BCUT2D eigenvalue weighted by atomic mass is 16.5. The molecule has 0 N–H and O–H groups in total. The van der Waals surface area contributed by atoms with Gasteiger partial charge in [0.05, 0.1) is 12.8 Å². The van der Waals surface area contributed by atoms with Crippen molar-refractivity contribution in [3.05, 3.63) is 78.1 Å². The van der Waals surface area contributed by atoms with Gasteiger partial charge in [0.25, 0.3) is 0 Å². The van der Waals surface area contributed by atoms with Crippen molar-refractivity contribution in [2.45, 2.75) is 6.92 Å². The number of carbonyl (C=O) groups excluding carboxylic acids is 1. The average molecular weight is 415 g/mol. The number of aromatic nitrogens is 2. The molecule has 4 rings (SSSR count). The van der Waals surface area contributed by atoms with Crippen LogP contribution in [-0.4, -0.2) is 54.1 Å². The molecule has 31 heavy (non-hydrogen) atoms. The SMILES string of the molecule is COc1ccc(/C=C/C(=O)N2CCN(c3cc(-c4ccc(C)cc4)ncn3)CC2)cc1. The number of hydrogen-bond acceptors (Lipinski definition) is 5. The Morgan fingerprint density at radius 2 is 1.68 bits per heavy atom. The Bertz CT molecular complexity index is 1050. The Balaban J connectivity index is 1.36. The van der Waals surface area contributed by atoms with Crippen LogP contribution in [0.15, 0.2) is 67.0 Å². The van der Waals surface area contributed by atoms with E-state index in [1.807, 2.05) is 41.3 Å². The standard InChI is InChI=1S/C25H26N4O2/c1-19-3-8-21(9-4-19)23-17-24(27-18-26-23)28-13-15-29(16-14-28)25(30)12-7-20-5-10-22(31-2)11-6-20/h3-12,17-18H,13-16H2,1-2H3/b12-7+. The summed E-state index contributed by atoms with van der Waals surface area (Å²) in [4.78, 5) is 25.5. The Hall–Kier alpha value is -3.67. The summed E-state index contributed by atoms with van der Waals surface area (Å²) in [5.74, 6) is 1.72. The Morgan fingerprint density at radius 3 is 2.35 bits per heavy atom. The molecule has 1 aromatic heterocycles. The maximum absolute atomic E-state index is 12.6. The van der Waals surface area contributed by atoms with E-state index in [0.29, 0.717) is 13.1 Å². The first kappa shape index (κ1) is 20.6. The molecule has 1 aliphatic rings. The van der Waals surface area contributed by atoms with E-state index in [4.69, 9.17) is 4.74 Å². The van der Waals surface area contributed by atoms with E-state index in [1.165, 1.54) is 5.56 Å². The molecule has 6 nitrogen and oxygen atoms in total. The first-order valence-corrected chi connectivity index (χ1v) is 10.4. The van der Waals surface area contributed by atoms with Gasteiger partial charge in [-0.05, 0) is 30.7 Å². The van der Waals surface area contributed by atoms with Crippen LogP contribution in [-0.2, 0) is 4.79 Å². The van der Waals surface area contributed by atoms with Gasteiger partial charge in [-0.1, -0.05) is 42.0 Å². The first-order chi connectivity index (χ1) is 15.1. The van der Waals surface area contributed by atoms with Crippen molar-refractivity contribution in [2.24, 2.45) is 0 Å². The van der Waals surface area contributed by atoms with Crippen LogP contribution in [0, 0.1) is 6.92 Å². The molecular weight excluding hydrogens is 388 g/mol. The van der Waals surface area contributed by atoms with Crippen molar-refractivity contribution < 1.29 is 9.53 Å². The van der Waals surface area contributed by atoms with E-state index < -0.39 is 0 Å². The van der Waals surface area contributed by atoms with E-state index in [9.17, 15) is 4.79 Å². The van der Waals surface area contributed by atoms with E-state index in [1.54, 1.807) is 19.5 Å². The normalized spacial score (nSPS) is 14.1. The monoisotopic (exact) mass is 414 g/mol. The van der Waals surface area contributed by atoms with Gasteiger partial charge in [-0.3, -0.25) is 4.79 Å². The molecule has 0 radical (unpaired) electrons. The number of benzene rings is 2. The minimum absolute atomic E-state index is 0.0264. The molecule has 0 atom stereocenters. The summed E-state index contributed by atoms with van der Waals surface area (Å²) >= 11 is 0. The van der Waals surface area contributed by atoms with Gasteiger partial charge in [-0.15, -0.1) is 0 Å². The summed E-state index contributed by atoms with van der Waals surface area (Å²) in [7, 11) is 1.64. The van der Waals surface area contributed by atoms with Crippen LogP contribution >= 0.6 is 0 Å². The second-order valence-corrected chi connectivity index (χ2v) is 7.55. The summed E-state index contributed by atoms with van der Waals surface area (Å²) in [6, 6.07) is 18.0. The fourth-order valence-electron chi connectivity index (χ4n) is 3.55. The predicted octanol–water partition coefficient (Wildman–Crippen LogP) is 3.82. The van der Waals surface area contributed by atoms with Gasteiger partial charge in [0.2, 0.25) is 5.91 Å². The highest BCUT2D eigenvalue weighted by molar-refractivity contribution is 5.92. The smallest absolute Gasteiger partial charge is 0.246 e. The summed E-state index contributed by atoms with van der Waals surface area (Å²) in [6.07, 6.45) is 5.09. The number of amides is 1. The largest absolute Gasteiger partial charge is 0.497 e. The molecule has 1 saturated heterocycles. The highest BCUT2D eigenvalue weighted by Gasteiger charge is 2.21. The minimum atomic E-state index is 0.0264. The summed E-state index contributed by atoms with van der Waals surface area (Å²) in [6.45, 7) is 4.88. The van der Waals surface area contributed by atoms with E-state index in [2.05, 4.69) is 46.1 Å². The van der Waals surface area contributed by atoms with Crippen LogP contribution < -0.4 is 9.64 Å². The molecule has 6 heteroatoms. The molecular formula is C25H26N4O2. The first-order valence-electron chi connectivity index (χ1n) is 10.4. The van der Waals surface area contributed by atoms with Crippen molar-refractivity contribution in [1.29, 1.82) is 0 Å². The lowest BCUT2D eigenvalue weighted by Gasteiger charge is -2.35. The summed E-state index contributed by atoms with van der Waals surface area (Å²) in [5, 5.41) is 0. The number of rotatable bonds is 5. The number of ether oxygens (including phenoxy) is 1. The second-order valence-electron chi connectivity index (χ2n) is 7.55. The van der Waals surface area contributed by atoms with Crippen LogP contribution in [0.5, 0.6) is 5.75 Å². The fourth-order valence-corrected chi connectivity index (χ4v) is 3.55. The van der Waals surface area contributed by atoms with E-state index in [0.717, 1.165) is 41.5 Å². The summed E-state index contributed by atoms with van der Waals surface area (Å²) in [5.41, 5.74) is 4.18. The molecule has 158 valence electrons. The topological polar surface area (TPSA) is 58.6 Å². The lowest BCUT2D eigenvalue weighted by Crippen LogP contribution is -2.48. The Kier molecular flexibility index (Phi) is 6.26. The predicted molar refractivity (Wildman–Crippen MR) is 123 cm³/mol. The van der Waals surface area contributed by atoms with Gasteiger partial charge < -0.3 is 14.5 Å². The third-order valence-electron chi connectivity index (χ3n) is 5.45. The van der Waals surface area contributed by atoms with Crippen LogP contribution in [0.3, 0.4) is 0 Å². The number of methoxy groups -OCH3 is 1. The van der Waals surface area contributed by atoms with Gasteiger partial charge in [0.15, 0.2) is 0 Å².